The van der Waals surface area contributed by atoms with E-state index in [2.05, 4.69) is 21.3 Å². The van der Waals surface area contributed by atoms with E-state index in [0.717, 1.165) is 0 Å². The monoisotopic (exact) mass is 226 g/mol. The van der Waals surface area contributed by atoms with Crippen LogP contribution in [-0.2, 0) is 9.59 Å². The second-order valence-electron chi connectivity index (χ2n) is 1.90. The van der Waals surface area contributed by atoms with Crippen molar-refractivity contribution < 1.29 is 14.7 Å². The molecule has 0 heterocycles. The molecule has 0 fully saturated rings. The molecule has 0 spiro atoms. The number of nitrogens with one attached hydrogen (secondary N) is 1. The maximum atomic E-state index is 10.8. The molecule has 0 saturated heterocycles. The Kier molecular flexibility index (Phi) is 4.85. The molecule has 0 bridgehead atoms. The van der Waals surface area contributed by atoms with Crippen molar-refractivity contribution in [1.82, 2.24) is 5.32 Å². The molecule has 0 rings (SSSR count). The van der Waals surface area contributed by atoms with Crippen molar-refractivity contribution in [2.75, 3.05) is 6.54 Å². The summed E-state index contributed by atoms with van der Waals surface area (Å²) in [5.74, 6) is -1.51. The van der Waals surface area contributed by atoms with Gasteiger partial charge in [-0.05, 0) is 0 Å². The number of nitrogens with two attached hydrogens (primary N) is 1. The van der Waals surface area contributed by atoms with E-state index in [-0.39, 0.29) is 6.54 Å². The van der Waals surface area contributed by atoms with E-state index in [0.29, 0.717) is 5.32 Å². The van der Waals surface area contributed by atoms with E-state index >= 15 is 0 Å². The summed E-state index contributed by atoms with van der Waals surface area (Å²) in [4.78, 5) is 20.7. The molecule has 0 aliphatic carbocycles. The Morgan fingerprint density at radius 3 is 2.55 bits per heavy atom. The number of amides is 1. The molecule has 11 heavy (non-hydrogen) atoms. The zero-order valence-corrected chi connectivity index (χ0v) is 7.66. The van der Waals surface area contributed by atoms with Gasteiger partial charge in [0.05, 0.1) is 0 Å². The molecule has 4 N–H and O–H groups in total. The standard InChI is InChI=1S/C5H10N2O3Se/c6-3(2-11)5(10)7-1-4(8)9/h3,11H,1-2,6H2,(H,7,10)(H,8,9)/t3-/m0/s1. The topological polar surface area (TPSA) is 92.4 Å². The first-order valence-corrected chi connectivity index (χ1v) is 4.26. The van der Waals surface area contributed by atoms with Crippen molar-refractivity contribution in [2.45, 2.75) is 11.4 Å². The van der Waals surface area contributed by atoms with Gasteiger partial charge in [-0.1, -0.05) is 0 Å². The third-order valence-electron chi connectivity index (χ3n) is 0.947. The van der Waals surface area contributed by atoms with E-state index in [4.69, 9.17) is 10.8 Å². The van der Waals surface area contributed by atoms with Gasteiger partial charge in [-0.2, -0.15) is 0 Å². The van der Waals surface area contributed by atoms with Crippen LogP contribution < -0.4 is 11.1 Å². The molecule has 0 aliphatic heterocycles. The minimum absolute atomic E-state index is 0.375. The molecule has 1 amide bonds. The number of hydrogen-bond donors (Lipinski definition) is 3. The number of carboxylic acids is 1. The first kappa shape index (κ1) is 10.4. The fourth-order valence-electron chi connectivity index (χ4n) is 0.377. The Bertz CT molecular complexity index is 162. The van der Waals surface area contributed by atoms with Gasteiger partial charge >= 0.3 is 71.5 Å². The summed E-state index contributed by atoms with van der Waals surface area (Å²) >= 11 is 2.17. The summed E-state index contributed by atoms with van der Waals surface area (Å²) in [5.41, 5.74) is 5.28. The minimum atomic E-state index is -1.07. The van der Waals surface area contributed by atoms with Gasteiger partial charge in [0.1, 0.15) is 0 Å². The van der Waals surface area contributed by atoms with Crippen LogP contribution in [0.25, 0.3) is 0 Å². The van der Waals surface area contributed by atoms with E-state index in [1.54, 1.807) is 0 Å². The third kappa shape index (κ3) is 4.78. The Labute approximate surface area is 72.1 Å². The van der Waals surface area contributed by atoms with Crippen LogP contribution in [0.15, 0.2) is 0 Å². The average molecular weight is 225 g/mol. The zero-order chi connectivity index (χ0) is 8.85. The molecule has 1 atom stereocenters. The summed E-state index contributed by atoms with van der Waals surface area (Å²) < 4.78 is 0. The zero-order valence-electron chi connectivity index (χ0n) is 5.78. The second-order valence-corrected chi connectivity index (χ2v) is 2.67. The number of hydrogen-bond acceptors (Lipinski definition) is 3. The van der Waals surface area contributed by atoms with Gasteiger partial charge in [0.25, 0.3) is 0 Å². The van der Waals surface area contributed by atoms with Gasteiger partial charge in [-0.15, -0.1) is 0 Å². The van der Waals surface area contributed by atoms with E-state index in [1.807, 2.05) is 0 Å². The van der Waals surface area contributed by atoms with E-state index < -0.39 is 17.9 Å². The first-order chi connectivity index (χ1) is 5.07. The number of carboxylic acid groups (broad SMARTS) is 1. The molecule has 0 aliphatic rings. The van der Waals surface area contributed by atoms with E-state index in [1.165, 1.54) is 0 Å². The van der Waals surface area contributed by atoms with Crippen molar-refractivity contribution in [2.24, 2.45) is 5.73 Å². The molecule has 5 nitrogen and oxygen atoms in total. The predicted octanol–water partition coefficient (Wildman–Crippen LogP) is -2.17. The average Bonchev–Trinajstić information content (AvgIpc) is 1.98. The first-order valence-electron chi connectivity index (χ1n) is 2.94. The number of carbonyl (C=O) groups excluding carboxylic acids is 1. The SMILES string of the molecule is N[C@@H](C[SeH])C(=O)NCC(=O)O. The Morgan fingerprint density at radius 2 is 2.18 bits per heavy atom. The molecule has 0 aromatic heterocycles. The van der Waals surface area contributed by atoms with Gasteiger partial charge in [-0.3, -0.25) is 0 Å². The van der Waals surface area contributed by atoms with Gasteiger partial charge in [-0.25, -0.2) is 0 Å². The predicted molar refractivity (Wildman–Crippen MR) is 40.6 cm³/mol. The Hall–Kier alpha value is -0.581. The number of carbonyl (C=O) groups is 2. The van der Waals surface area contributed by atoms with Crippen LogP contribution in [0.1, 0.15) is 0 Å². The molecule has 6 heteroatoms. The van der Waals surface area contributed by atoms with Gasteiger partial charge < -0.3 is 0 Å². The van der Waals surface area contributed by atoms with Crippen molar-refractivity contribution in [3.63, 3.8) is 0 Å². The normalized spacial score (nSPS) is 12.2. The Morgan fingerprint density at radius 1 is 1.64 bits per heavy atom. The molecule has 0 unspecified atom stereocenters. The summed E-state index contributed by atoms with van der Waals surface area (Å²) in [7, 11) is 0. The van der Waals surface area contributed by atoms with Crippen LogP contribution in [0.3, 0.4) is 0 Å². The van der Waals surface area contributed by atoms with Crippen LogP contribution in [-0.4, -0.2) is 45.6 Å². The van der Waals surface area contributed by atoms with Crippen LogP contribution >= 0.6 is 0 Å². The quantitative estimate of drug-likeness (QED) is 0.475. The van der Waals surface area contributed by atoms with Gasteiger partial charge in [0.15, 0.2) is 0 Å². The van der Waals surface area contributed by atoms with Gasteiger partial charge in [0, 0.05) is 0 Å². The number of aliphatic carboxylic acids is 1. The molecular formula is C5H10N2O3Se. The van der Waals surface area contributed by atoms with Crippen molar-refractivity contribution in [3.05, 3.63) is 0 Å². The van der Waals surface area contributed by atoms with Crippen LogP contribution in [0.4, 0.5) is 0 Å². The molecule has 0 saturated carbocycles. The Balaban J connectivity index is 3.60. The van der Waals surface area contributed by atoms with Crippen LogP contribution in [0, 0.1) is 0 Å². The summed E-state index contributed by atoms with van der Waals surface area (Å²) in [6.07, 6.45) is 0. The summed E-state index contributed by atoms with van der Waals surface area (Å²) in [6.45, 7) is -0.375. The summed E-state index contributed by atoms with van der Waals surface area (Å²) in [5, 5.41) is 10.8. The third-order valence-corrected chi connectivity index (χ3v) is 1.77. The van der Waals surface area contributed by atoms with Crippen molar-refractivity contribution in [1.29, 1.82) is 0 Å². The van der Waals surface area contributed by atoms with E-state index in [9.17, 15) is 9.59 Å². The fourth-order valence-corrected chi connectivity index (χ4v) is 0.725. The van der Waals surface area contributed by atoms with Crippen molar-refractivity contribution >= 4 is 27.9 Å². The fraction of sp³-hybridized carbons (Fsp3) is 0.600. The number of rotatable bonds is 4. The molecule has 0 radical (unpaired) electrons. The molecule has 64 valence electrons. The van der Waals surface area contributed by atoms with Crippen molar-refractivity contribution in [3.8, 4) is 0 Å². The molecular weight excluding hydrogens is 215 g/mol. The van der Waals surface area contributed by atoms with Gasteiger partial charge in [0.2, 0.25) is 0 Å². The van der Waals surface area contributed by atoms with Crippen LogP contribution in [0.5, 0.6) is 0 Å². The second kappa shape index (κ2) is 5.12. The molecule has 0 aromatic rings. The summed E-state index contributed by atoms with van der Waals surface area (Å²) in [6, 6.07) is -0.630. The van der Waals surface area contributed by atoms with Crippen LogP contribution in [0.2, 0.25) is 5.32 Å². The molecule has 0 aromatic carbocycles. The maximum absolute atomic E-state index is 10.8.